The topological polar surface area (TPSA) is 57.6 Å². The van der Waals surface area contributed by atoms with Crippen LogP contribution in [0, 0.1) is 6.92 Å². The van der Waals surface area contributed by atoms with Crippen LogP contribution in [0.15, 0.2) is 27.6 Å². The molecule has 0 saturated carbocycles. The van der Waals surface area contributed by atoms with E-state index in [0.717, 1.165) is 5.56 Å². The third-order valence-electron chi connectivity index (χ3n) is 2.64. The van der Waals surface area contributed by atoms with Crippen molar-refractivity contribution >= 4 is 26.0 Å². The standard InChI is InChI=1S/C12H18BrNO3S/c1-9-4-5-11(13)12(8-9)18(16,17)14(3)7-6-10(2)15/h4-5,8,10,15H,6-7H2,1-3H3. The molecule has 0 bridgehead atoms. The molecular formula is C12H18BrNO3S. The van der Waals surface area contributed by atoms with E-state index in [4.69, 9.17) is 0 Å². The summed E-state index contributed by atoms with van der Waals surface area (Å²) in [5.74, 6) is 0. The number of benzene rings is 1. The second-order valence-corrected chi connectivity index (χ2v) is 7.27. The second-order valence-electron chi connectivity index (χ2n) is 4.40. The molecule has 0 aromatic heterocycles. The first kappa shape index (κ1) is 15.6. The Morgan fingerprint density at radius 1 is 1.44 bits per heavy atom. The first-order valence-corrected chi connectivity index (χ1v) is 7.89. The van der Waals surface area contributed by atoms with Gasteiger partial charge in [-0.25, -0.2) is 12.7 Å². The summed E-state index contributed by atoms with van der Waals surface area (Å²) in [6.07, 6.45) is -0.0947. The number of aliphatic hydroxyl groups excluding tert-OH is 1. The molecule has 0 heterocycles. The summed E-state index contributed by atoms with van der Waals surface area (Å²) in [6.45, 7) is 3.78. The first-order valence-electron chi connectivity index (χ1n) is 5.65. The fourth-order valence-corrected chi connectivity index (χ4v) is 3.66. The molecule has 0 saturated heterocycles. The molecule has 18 heavy (non-hydrogen) atoms. The largest absolute Gasteiger partial charge is 0.393 e. The summed E-state index contributed by atoms with van der Waals surface area (Å²) in [5.41, 5.74) is 0.890. The van der Waals surface area contributed by atoms with Crippen molar-refractivity contribution in [3.8, 4) is 0 Å². The lowest BCUT2D eigenvalue weighted by Crippen LogP contribution is -2.29. The molecule has 0 spiro atoms. The highest BCUT2D eigenvalue weighted by molar-refractivity contribution is 9.10. The van der Waals surface area contributed by atoms with Gasteiger partial charge in [-0.2, -0.15) is 0 Å². The molecule has 1 unspecified atom stereocenters. The van der Waals surface area contributed by atoms with Crippen molar-refractivity contribution in [2.45, 2.75) is 31.3 Å². The van der Waals surface area contributed by atoms with E-state index in [9.17, 15) is 13.5 Å². The lowest BCUT2D eigenvalue weighted by atomic mass is 10.2. The Morgan fingerprint density at radius 3 is 2.61 bits per heavy atom. The summed E-state index contributed by atoms with van der Waals surface area (Å²) in [4.78, 5) is 0.260. The van der Waals surface area contributed by atoms with Crippen LogP contribution in [0.2, 0.25) is 0 Å². The van der Waals surface area contributed by atoms with Crippen molar-refractivity contribution in [2.24, 2.45) is 0 Å². The Kier molecular flexibility index (Phi) is 5.33. The van der Waals surface area contributed by atoms with E-state index in [1.54, 1.807) is 19.1 Å². The van der Waals surface area contributed by atoms with E-state index in [2.05, 4.69) is 15.9 Å². The van der Waals surface area contributed by atoms with E-state index >= 15 is 0 Å². The van der Waals surface area contributed by atoms with Gasteiger partial charge < -0.3 is 5.11 Å². The highest BCUT2D eigenvalue weighted by Crippen LogP contribution is 2.25. The molecule has 6 heteroatoms. The molecule has 4 nitrogen and oxygen atoms in total. The van der Waals surface area contributed by atoms with Gasteiger partial charge in [0.25, 0.3) is 0 Å². The number of halogens is 1. The highest BCUT2D eigenvalue weighted by Gasteiger charge is 2.23. The Bertz CT molecular complexity index is 514. The number of hydrogen-bond acceptors (Lipinski definition) is 3. The van der Waals surface area contributed by atoms with Gasteiger partial charge in [-0.05, 0) is 53.9 Å². The minimum absolute atomic E-state index is 0.260. The van der Waals surface area contributed by atoms with E-state index in [0.29, 0.717) is 17.4 Å². The SMILES string of the molecule is Cc1ccc(Br)c(S(=O)(=O)N(C)CCC(C)O)c1. The van der Waals surface area contributed by atoms with Crippen molar-refractivity contribution in [3.63, 3.8) is 0 Å². The Balaban J connectivity index is 3.02. The van der Waals surface area contributed by atoms with Gasteiger partial charge in [0.2, 0.25) is 10.0 Å². The van der Waals surface area contributed by atoms with Gasteiger partial charge in [-0.15, -0.1) is 0 Å². The molecule has 102 valence electrons. The molecular weight excluding hydrogens is 318 g/mol. The van der Waals surface area contributed by atoms with Gasteiger partial charge in [-0.1, -0.05) is 6.07 Å². The van der Waals surface area contributed by atoms with Crippen LogP contribution >= 0.6 is 15.9 Å². The van der Waals surface area contributed by atoms with Crippen LogP contribution in [0.4, 0.5) is 0 Å². The minimum atomic E-state index is -3.51. The predicted molar refractivity (Wildman–Crippen MR) is 75.0 cm³/mol. The lowest BCUT2D eigenvalue weighted by molar-refractivity contribution is 0.177. The van der Waals surface area contributed by atoms with Crippen LogP contribution in [0.1, 0.15) is 18.9 Å². The number of sulfonamides is 1. The minimum Gasteiger partial charge on any atom is -0.393 e. The number of aryl methyl sites for hydroxylation is 1. The molecule has 0 aliphatic heterocycles. The molecule has 0 aliphatic rings. The quantitative estimate of drug-likeness (QED) is 0.896. The van der Waals surface area contributed by atoms with Gasteiger partial charge >= 0.3 is 0 Å². The van der Waals surface area contributed by atoms with E-state index in [-0.39, 0.29) is 4.90 Å². The molecule has 1 atom stereocenters. The number of nitrogens with zero attached hydrogens (tertiary/aromatic N) is 1. The fourth-order valence-electron chi connectivity index (χ4n) is 1.46. The monoisotopic (exact) mass is 335 g/mol. The first-order chi connectivity index (χ1) is 8.25. The third kappa shape index (κ3) is 3.78. The number of aliphatic hydroxyl groups is 1. The van der Waals surface area contributed by atoms with E-state index < -0.39 is 16.1 Å². The van der Waals surface area contributed by atoms with Crippen LogP contribution in [-0.2, 0) is 10.0 Å². The third-order valence-corrected chi connectivity index (χ3v) is 5.49. The Morgan fingerprint density at radius 2 is 2.06 bits per heavy atom. The Labute approximate surface area is 117 Å². The summed E-state index contributed by atoms with van der Waals surface area (Å²) >= 11 is 3.26. The zero-order valence-corrected chi connectivity index (χ0v) is 13.1. The van der Waals surface area contributed by atoms with Crippen molar-refractivity contribution in [2.75, 3.05) is 13.6 Å². The average molecular weight is 336 g/mol. The zero-order valence-electron chi connectivity index (χ0n) is 10.7. The highest BCUT2D eigenvalue weighted by atomic mass is 79.9. The fraction of sp³-hybridized carbons (Fsp3) is 0.500. The van der Waals surface area contributed by atoms with Gasteiger partial charge in [0.05, 0.1) is 11.0 Å². The van der Waals surface area contributed by atoms with Crippen molar-refractivity contribution in [1.29, 1.82) is 0 Å². The summed E-state index contributed by atoms with van der Waals surface area (Å²) < 4.78 is 26.5. The second kappa shape index (κ2) is 6.14. The lowest BCUT2D eigenvalue weighted by Gasteiger charge is -2.19. The maximum Gasteiger partial charge on any atom is 0.243 e. The molecule has 1 aromatic rings. The molecule has 1 aromatic carbocycles. The number of rotatable bonds is 5. The zero-order chi connectivity index (χ0) is 13.9. The smallest absolute Gasteiger partial charge is 0.243 e. The maximum atomic E-state index is 12.3. The Hall–Kier alpha value is -0.430. The predicted octanol–water partition coefficient (Wildman–Crippen LogP) is 2.15. The molecule has 1 rings (SSSR count). The van der Waals surface area contributed by atoms with Gasteiger partial charge in [0.15, 0.2) is 0 Å². The molecule has 0 aliphatic carbocycles. The van der Waals surface area contributed by atoms with Crippen LogP contribution in [-0.4, -0.2) is 37.5 Å². The molecule has 0 amide bonds. The van der Waals surface area contributed by atoms with Crippen LogP contribution in [0.5, 0.6) is 0 Å². The van der Waals surface area contributed by atoms with Crippen molar-refractivity contribution in [3.05, 3.63) is 28.2 Å². The number of hydrogen-bond donors (Lipinski definition) is 1. The summed E-state index contributed by atoms with van der Waals surface area (Å²) in [5, 5.41) is 9.21. The van der Waals surface area contributed by atoms with E-state index in [1.807, 2.05) is 13.0 Å². The summed E-state index contributed by atoms with van der Waals surface area (Å²) in [7, 11) is -1.99. The van der Waals surface area contributed by atoms with Crippen LogP contribution < -0.4 is 0 Å². The molecule has 0 fully saturated rings. The van der Waals surface area contributed by atoms with Crippen molar-refractivity contribution in [1.82, 2.24) is 4.31 Å². The normalized spacial score (nSPS) is 13.9. The average Bonchev–Trinajstić information content (AvgIpc) is 2.28. The van der Waals surface area contributed by atoms with Crippen LogP contribution in [0.3, 0.4) is 0 Å². The molecule has 0 radical (unpaired) electrons. The molecule has 1 N–H and O–H groups in total. The van der Waals surface area contributed by atoms with E-state index in [1.165, 1.54) is 11.4 Å². The summed E-state index contributed by atoms with van der Waals surface area (Å²) in [6, 6.07) is 5.21. The van der Waals surface area contributed by atoms with Gasteiger partial charge in [0, 0.05) is 18.1 Å². The van der Waals surface area contributed by atoms with Gasteiger partial charge in [0.1, 0.15) is 0 Å². The maximum absolute atomic E-state index is 12.3. The van der Waals surface area contributed by atoms with Gasteiger partial charge in [-0.3, -0.25) is 0 Å². The van der Waals surface area contributed by atoms with Crippen LogP contribution in [0.25, 0.3) is 0 Å². The van der Waals surface area contributed by atoms with Crippen molar-refractivity contribution < 1.29 is 13.5 Å².